The van der Waals surface area contributed by atoms with Crippen LogP contribution in [0.1, 0.15) is 23.0 Å². The molecule has 1 fully saturated rings. The lowest BCUT2D eigenvalue weighted by Crippen LogP contribution is -2.52. The highest BCUT2D eigenvalue weighted by atomic mass is 35.5. The lowest BCUT2D eigenvalue weighted by atomic mass is 10.1. The highest BCUT2D eigenvalue weighted by Gasteiger charge is 2.31. The van der Waals surface area contributed by atoms with Crippen molar-refractivity contribution in [3.05, 3.63) is 70.9 Å². The van der Waals surface area contributed by atoms with E-state index in [0.717, 1.165) is 12.1 Å². The molecule has 4 rings (SSSR count). The van der Waals surface area contributed by atoms with E-state index >= 15 is 0 Å². The summed E-state index contributed by atoms with van der Waals surface area (Å²) in [5, 5.41) is 8.14. The van der Waals surface area contributed by atoms with Gasteiger partial charge in [-0.05, 0) is 43.3 Å². The van der Waals surface area contributed by atoms with Gasteiger partial charge in [0, 0.05) is 36.3 Å². The van der Waals surface area contributed by atoms with Crippen LogP contribution in [0, 0.1) is 0 Å². The summed E-state index contributed by atoms with van der Waals surface area (Å²) in [5.41, 5.74) is 0.620. The Balaban J connectivity index is 1.83. The fraction of sp³-hybridized carbons (Fsp3) is 0.273. The number of carbonyl (C=O) groups excluding carboxylic acids is 1. The normalized spacial score (nSPS) is 17.1. The van der Waals surface area contributed by atoms with Gasteiger partial charge in [0.1, 0.15) is 0 Å². The number of aromatic nitrogens is 2. The van der Waals surface area contributed by atoms with Gasteiger partial charge in [-0.3, -0.25) is 4.79 Å². The minimum atomic E-state index is -4.48. The van der Waals surface area contributed by atoms with Crippen molar-refractivity contribution in [3.63, 3.8) is 0 Å². The van der Waals surface area contributed by atoms with E-state index in [1.165, 1.54) is 16.8 Å². The van der Waals surface area contributed by atoms with Crippen molar-refractivity contribution in [2.75, 3.05) is 19.6 Å². The second-order valence-electron chi connectivity index (χ2n) is 7.44. The van der Waals surface area contributed by atoms with E-state index in [0.29, 0.717) is 41.6 Å². The standard InChI is InChI=1S/C22H20ClF3N4O/c1-14-13-27-8-9-29(14)21(31)19-12-20(15-4-2-5-16(10-15)22(24,25)26)30(28-19)18-7-3-6-17(23)11-18/h2-7,10-12,14,27H,8-9,13H2,1H3/t14-/m1/s1. The number of rotatable bonds is 3. The van der Waals surface area contributed by atoms with Gasteiger partial charge in [-0.25, -0.2) is 4.68 Å². The van der Waals surface area contributed by atoms with E-state index in [1.54, 1.807) is 35.2 Å². The summed E-state index contributed by atoms with van der Waals surface area (Å²) in [6.45, 7) is 3.81. The highest BCUT2D eigenvalue weighted by molar-refractivity contribution is 6.30. The molecule has 3 aromatic rings. The van der Waals surface area contributed by atoms with Gasteiger partial charge in [-0.2, -0.15) is 18.3 Å². The number of hydrogen-bond acceptors (Lipinski definition) is 3. The molecule has 1 saturated heterocycles. The number of halogens is 4. The van der Waals surface area contributed by atoms with Crippen molar-refractivity contribution in [2.45, 2.75) is 19.1 Å². The molecule has 1 aliphatic rings. The number of carbonyl (C=O) groups is 1. The van der Waals surface area contributed by atoms with Gasteiger partial charge in [0.15, 0.2) is 5.69 Å². The molecule has 0 radical (unpaired) electrons. The molecule has 5 nitrogen and oxygen atoms in total. The lowest BCUT2D eigenvalue weighted by molar-refractivity contribution is -0.137. The zero-order valence-corrected chi connectivity index (χ0v) is 17.4. The second-order valence-corrected chi connectivity index (χ2v) is 7.87. The highest BCUT2D eigenvalue weighted by Crippen LogP contribution is 2.33. The first-order chi connectivity index (χ1) is 14.7. The predicted molar refractivity (Wildman–Crippen MR) is 112 cm³/mol. The van der Waals surface area contributed by atoms with Crippen LogP contribution in [0.15, 0.2) is 54.6 Å². The summed E-state index contributed by atoms with van der Waals surface area (Å²) in [6.07, 6.45) is -4.48. The number of nitrogens with zero attached hydrogens (tertiary/aromatic N) is 3. The third-order valence-corrected chi connectivity index (χ3v) is 5.46. The van der Waals surface area contributed by atoms with Crippen molar-refractivity contribution >= 4 is 17.5 Å². The molecule has 2 heterocycles. The number of alkyl halides is 3. The maximum Gasteiger partial charge on any atom is 0.416 e. The summed E-state index contributed by atoms with van der Waals surface area (Å²) >= 11 is 6.12. The minimum absolute atomic E-state index is 0.0189. The van der Waals surface area contributed by atoms with E-state index in [2.05, 4.69) is 10.4 Å². The van der Waals surface area contributed by atoms with Gasteiger partial charge >= 0.3 is 6.18 Å². The Hall–Kier alpha value is -2.84. The Kier molecular flexibility index (Phi) is 5.77. The Bertz CT molecular complexity index is 1110. The smallest absolute Gasteiger partial charge is 0.332 e. The van der Waals surface area contributed by atoms with Gasteiger partial charge in [-0.1, -0.05) is 29.8 Å². The molecular formula is C22H20ClF3N4O. The van der Waals surface area contributed by atoms with Gasteiger partial charge in [0.25, 0.3) is 5.91 Å². The van der Waals surface area contributed by atoms with E-state index in [9.17, 15) is 18.0 Å². The number of piperazine rings is 1. The first kappa shape index (κ1) is 21.4. The van der Waals surface area contributed by atoms with Gasteiger partial charge < -0.3 is 10.2 Å². The summed E-state index contributed by atoms with van der Waals surface area (Å²) in [7, 11) is 0. The number of hydrogen-bond donors (Lipinski definition) is 1. The molecule has 162 valence electrons. The minimum Gasteiger partial charge on any atom is -0.332 e. The maximum absolute atomic E-state index is 13.3. The van der Waals surface area contributed by atoms with Gasteiger partial charge in [0.2, 0.25) is 0 Å². The van der Waals surface area contributed by atoms with E-state index in [1.807, 2.05) is 6.92 Å². The van der Waals surface area contributed by atoms with Crippen molar-refractivity contribution in [3.8, 4) is 16.9 Å². The third-order valence-electron chi connectivity index (χ3n) is 5.23. The molecule has 1 aromatic heterocycles. The zero-order valence-electron chi connectivity index (χ0n) is 16.7. The van der Waals surface area contributed by atoms with E-state index < -0.39 is 11.7 Å². The average molecular weight is 449 g/mol. The molecule has 9 heteroatoms. The number of amides is 1. The van der Waals surface area contributed by atoms with Crippen molar-refractivity contribution in [2.24, 2.45) is 0 Å². The molecule has 1 aliphatic heterocycles. The predicted octanol–water partition coefficient (Wildman–Crippen LogP) is 4.65. The largest absolute Gasteiger partial charge is 0.416 e. The van der Waals surface area contributed by atoms with Crippen LogP contribution in [0.5, 0.6) is 0 Å². The molecule has 1 amide bonds. The van der Waals surface area contributed by atoms with Crippen LogP contribution in [-0.2, 0) is 6.18 Å². The zero-order chi connectivity index (χ0) is 22.2. The molecular weight excluding hydrogens is 429 g/mol. The van der Waals surface area contributed by atoms with Crippen LogP contribution < -0.4 is 5.32 Å². The van der Waals surface area contributed by atoms with Gasteiger partial charge in [-0.15, -0.1) is 0 Å². The van der Waals surface area contributed by atoms with Gasteiger partial charge in [0.05, 0.1) is 16.9 Å². The molecule has 1 N–H and O–H groups in total. The summed E-state index contributed by atoms with van der Waals surface area (Å²) in [5.74, 6) is -0.261. The molecule has 0 aliphatic carbocycles. The Labute approximate surface area is 182 Å². The summed E-state index contributed by atoms with van der Waals surface area (Å²) in [4.78, 5) is 14.9. The van der Waals surface area contributed by atoms with Crippen LogP contribution >= 0.6 is 11.6 Å². The second kappa shape index (κ2) is 8.36. The fourth-order valence-electron chi connectivity index (χ4n) is 3.64. The van der Waals surface area contributed by atoms with E-state index in [4.69, 9.17) is 11.6 Å². The van der Waals surface area contributed by atoms with Crippen molar-refractivity contribution in [1.82, 2.24) is 20.0 Å². The van der Waals surface area contributed by atoms with Crippen molar-refractivity contribution < 1.29 is 18.0 Å². The first-order valence-electron chi connectivity index (χ1n) is 9.79. The summed E-state index contributed by atoms with van der Waals surface area (Å²) < 4.78 is 41.3. The average Bonchev–Trinajstić information content (AvgIpc) is 3.19. The number of benzene rings is 2. The molecule has 0 saturated carbocycles. The molecule has 0 unspecified atom stereocenters. The third kappa shape index (κ3) is 4.45. The van der Waals surface area contributed by atoms with Crippen LogP contribution in [0.3, 0.4) is 0 Å². The van der Waals surface area contributed by atoms with E-state index in [-0.39, 0.29) is 17.6 Å². The fourth-order valence-corrected chi connectivity index (χ4v) is 3.83. The Morgan fingerprint density at radius 1 is 1.16 bits per heavy atom. The Morgan fingerprint density at radius 2 is 1.94 bits per heavy atom. The van der Waals surface area contributed by atoms with Crippen LogP contribution in [0.25, 0.3) is 16.9 Å². The van der Waals surface area contributed by atoms with Crippen LogP contribution in [0.4, 0.5) is 13.2 Å². The quantitative estimate of drug-likeness (QED) is 0.634. The Morgan fingerprint density at radius 3 is 2.65 bits per heavy atom. The monoisotopic (exact) mass is 448 g/mol. The van der Waals surface area contributed by atoms with Crippen molar-refractivity contribution in [1.29, 1.82) is 0 Å². The first-order valence-corrected chi connectivity index (χ1v) is 10.2. The molecule has 2 aromatic carbocycles. The topological polar surface area (TPSA) is 50.2 Å². The summed E-state index contributed by atoms with van der Waals surface area (Å²) in [6, 6.07) is 13.3. The van der Waals surface area contributed by atoms with Crippen LogP contribution in [0.2, 0.25) is 5.02 Å². The lowest BCUT2D eigenvalue weighted by Gasteiger charge is -2.33. The number of nitrogens with one attached hydrogen (secondary N) is 1. The SMILES string of the molecule is C[C@@H]1CNCCN1C(=O)c1cc(-c2cccc(C(F)(F)F)c2)n(-c2cccc(Cl)c2)n1. The molecule has 1 atom stereocenters. The maximum atomic E-state index is 13.3. The molecule has 0 spiro atoms. The van der Waals surface area contributed by atoms with Crippen LogP contribution in [-0.4, -0.2) is 46.3 Å². The molecule has 0 bridgehead atoms. The molecule has 31 heavy (non-hydrogen) atoms.